The third kappa shape index (κ3) is 5.67. The summed E-state index contributed by atoms with van der Waals surface area (Å²) in [5.41, 5.74) is 1.19. The van der Waals surface area contributed by atoms with Crippen molar-refractivity contribution < 1.29 is 14.2 Å². The topological polar surface area (TPSA) is 39.7 Å². The Hall–Kier alpha value is -0.810. The minimum atomic E-state index is 0.489. The van der Waals surface area contributed by atoms with Gasteiger partial charge in [0.25, 0.3) is 0 Å². The Balaban J connectivity index is 1.68. The maximum absolute atomic E-state index is 6.21. The number of nitrogens with one attached hydrogen (secondary N) is 1. The first-order chi connectivity index (χ1) is 9.79. The molecule has 0 spiro atoms. The van der Waals surface area contributed by atoms with Gasteiger partial charge in [-0.1, -0.05) is 17.7 Å². The van der Waals surface area contributed by atoms with E-state index in [9.17, 15) is 0 Å². The van der Waals surface area contributed by atoms with Crippen molar-refractivity contribution in [2.45, 2.75) is 25.4 Å². The van der Waals surface area contributed by atoms with E-state index in [1.165, 1.54) is 18.4 Å². The van der Waals surface area contributed by atoms with Crippen LogP contribution in [0.4, 0.5) is 0 Å². The van der Waals surface area contributed by atoms with Crippen molar-refractivity contribution >= 4 is 11.6 Å². The second-order valence-electron chi connectivity index (χ2n) is 4.87. The SMILES string of the molecule is COCCOCCOc1ccc(CNC2CC2)cc1Cl. The molecular formula is C15H22ClNO3. The standard InChI is InChI=1S/C15H22ClNO3/c1-18-6-7-19-8-9-20-15-5-2-12(10-14(15)16)11-17-13-3-4-13/h2,5,10,13,17H,3-4,6-9,11H2,1H3. The lowest BCUT2D eigenvalue weighted by Gasteiger charge is -2.10. The molecule has 0 saturated heterocycles. The smallest absolute Gasteiger partial charge is 0.138 e. The average Bonchev–Trinajstić information content (AvgIpc) is 3.26. The van der Waals surface area contributed by atoms with E-state index in [0.29, 0.717) is 43.2 Å². The molecule has 0 heterocycles. The molecule has 112 valence electrons. The predicted molar refractivity (Wildman–Crippen MR) is 79.5 cm³/mol. The van der Waals surface area contributed by atoms with Crippen molar-refractivity contribution in [3.63, 3.8) is 0 Å². The highest BCUT2D eigenvalue weighted by Gasteiger charge is 2.19. The maximum atomic E-state index is 6.21. The van der Waals surface area contributed by atoms with Crippen molar-refractivity contribution in [2.24, 2.45) is 0 Å². The number of ether oxygens (including phenoxy) is 3. The highest BCUT2D eigenvalue weighted by atomic mass is 35.5. The van der Waals surface area contributed by atoms with Crippen molar-refractivity contribution in [1.82, 2.24) is 5.32 Å². The van der Waals surface area contributed by atoms with E-state index in [2.05, 4.69) is 5.32 Å². The van der Waals surface area contributed by atoms with Crippen LogP contribution in [-0.2, 0) is 16.0 Å². The number of benzene rings is 1. The lowest BCUT2D eigenvalue weighted by molar-refractivity contribution is 0.0544. The van der Waals surface area contributed by atoms with Gasteiger partial charge in [0.2, 0.25) is 0 Å². The molecule has 1 aliphatic rings. The number of hydrogen-bond donors (Lipinski definition) is 1. The summed E-state index contributed by atoms with van der Waals surface area (Å²) in [5, 5.41) is 4.11. The van der Waals surface area contributed by atoms with Crippen LogP contribution < -0.4 is 10.1 Å². The fraction of sp³-hybridized carbons (Fsp3) is 0.600. The highest BCUT2D eigenvalue weighted by Crippen LogP contribution is 2.26. The molecule has 5 heteroatoms. The molecule has 0 amide bonds. The third-order valence-corrected chi connectivity index (χ3v) is 3.38. The first-order valence-corrected chi connectivity index (χ1v) is 7.38. The van der Waals surface area contributed by atoms with Gasteiger partial charge in [0.15, 0.2) is 0 Å². The Morgan fingerprint density at radius 3 is 2.70 bits per heavy atom. The maximum Gasteiger partial charge on any atom is 0.138 e. The van der Waals surface area contributed by atoms with Crippen LogP contribution in [-0.4, -0.2) is 39.6 Å². The van der Waals surface area contributed by atoms with Gasteiger partial charge in [-0.2, -0.15) is 0 Å². The van der Waals surface area contributed by atoms with E-state index < -0.39 is 0 Å². The molecule has 0 aliphatic heterocycles. The van der Waals surface area contributed by atoms with Crippen LogP contribution in [0.15, 0.2) is 18.2 Å². The molecule has 1 fully saturated rings. The predicted octanol–water partition coefficient (Wildman–Crippen LogP) is 2.63. The molecule has 1 saturated carbocycles. The van der Waals surface area contributed by atoms with E-state index in [-0.39, 0.29) is 0 Å². The summed E-state index contributed by atoms with van der Waals surface area (Å²) in [4.78, 5) is 0. The molecule has 0 unspecified atom stereocenters. The molecule has 1 aliphatic carbocycles. The number of halogens is 1. The second-order valence-corrected chi connectivity index (χ2v) is 5.28. The van der Waals surface area contributed by atoms with Crippen LogP contribution in [0.3, 0.4) is 0 Å². The number of rotatable bonds is 10. The largest absolute Gasteiger partial charge is 0.490 e. The van der Waals surface area contributed by atoms with E-state index in [1.807, 2.05) is 18.2 Å². The summed E-state index contributed by atoms with van der Waals surface area (Å²) in [6, 6.07) is 6.62. The molecule has 1 N–H and O–H groups in total. The fourth-order valence-corrected chi connectivity index (χ4v) is 2.03. The highest BCUT2D eigenvalue weighted by molar-refractivity contribution is 6.32. The molecule has 20 heavy (non-hydrogen) atoms. The summed E-state index contributed by atoms with van der Waals surface area (Å²) in [7, 11) is 1.65. The first-order valence-electron chi connectivity index (χ1n) is 7.01. The van der Waals surface area contributed by atoms with Gasteiger partial charge in [-0.05, 0) is 30.5 Å². The Bertz CT molecular complexity index is 410. The molecular weight excluding hydrogens is 278 g/mol. The van der Waals surface area contributed by atoms with Crippen LogP contribution in [0.1, 0.15) is 18.4 Å². The minimum absolute atomic E-state index is 0.489. The lowest BCUT2D eigenvalue weighted by atomic mass is 10.2. The summed E-state index contributed by atoms with van der Waals surface area (Å²) in [6.45, 7) is 3.07. The van der Waals surface area contributed by atoms with Crippen molar-refractivity contribution in [3.05, 3.63) is 28.8 Å². The molecule has 2 rings (SSSR count). The van der Waals surface area contributed by atoms with Gasteiger partial charge in [0, 0.05) is 19.7 Å². The van der Waals surface area contributed by atoms with Gasteiger partial charge in [-0.3, -0.25) is 0 Å². The van der Waals surface area contributed by atoms with Gasteiger partial charge in [0.1, 0.15) is 12.4 Å². The lowest BCUT2D eigenvalue weighted by Crippen LogP contribution is -2.15. The van der Waals surface area contributed by atoms with Crippen molar-refractivity contribution in [3.8, 4) is 5.75 Å². The molecule has 0 radical (unpaired) electrons. The zero-order valence-electron chi connectivity index (χ0n) is 11.9. The minimum Gasteiger partial charge on any atom is -0.490 e. The van der Waals surface area contributed by atoms with Crippen molar-refractivity contribution in [2.75, 3.05) is 33.5 Å². The van der Waals surface area contributed by atoms with Crippen LogP contribution in [0, 0.1) is 0 Å². The Morgan fingerprint density at radius 2 is 2.00 bits per heavy atom. The Morgan fingerprint density at radius 1 is 1.20 bits per heavy atom. The third-order valence-electron chi connectivity index (χ3n) is 3.09. The van der Waals surface area contributed by atoms with Gasteiger partial charge >= 0.3 is 0 Å². The molecule has 0 bridgehead atoms. The number of hydrogen-bond acceptors (Lipinski definition) is 4. The quantitative estimate of drug-likeness (QED) is 0.674. The monoisotopic (exact) mass is 299 g/mol. The average molecular weight is 300 g/mol. The van der Waals surface area contributed by atoms with Gasteiger partial charge < -0.3 is 19.5 Å². The van der Waals surface area contributed by atoms with Gasteiger partial charge in [0.05, 0.1) is 24.8 Å². The molecule has 1 aromatic rings. The van der Waals surface area contributed by atoms with Gasteiger partial charge in [-0.15, -0.1) is 0 Å². The molecule has 4 nitrogen and oxygen atoms in total. The van der Waals surface area contributed by atoms with E-state index in [4.69, 9.17) is 25.8 Å². The Kier molecular flexibility index (Phi) is 6.60. The fourth-order valence-electron chi connectivity index (χ4n) is 1.78. The summed E-state index contributed by atoms with van der Waals surface area (Å²) >= 11 is 6.21. The summed E-state index contributed by atoms with van der Waals surface area (Å²) in [5.74, 6) is 0.706. The summed E-state index contributed by atoms with van der Waals surface area (Å²) in [6.07, 6.45) is 2.58. The van der Waals surface area contributed by atoms with Crippen LogP contribution >= 0.6 is 11.6 Å². The van der Waals surface area contributed by atoms with E-state index in [1.54, 1.807) is 7.11 Å². The molecule has 0 atom stereocenters. The Labute approximate surface area is 125 Å². The van der Waals surface area contributed by atoms with Crippen LogP contribution in [0.2, 0.25) is 5.02 Å². The molecule has 0 aromatic heterocycles. The van der Waals surface area contributed by atoms with Crippen LogP contribution in [0.25, 0.3) is 0 Å². The zero-order valence-corrected chi connectivity index (χ0v) is 12.6. The van der Waals surface area contributed by atoms with E-state index in [0.717, 1.165) is 6.54 Å². The number of methoxy groups -OCH3 is 1. The van der Waals surface area contributed by atoms with Gasteiger partial charge in [-0.25, -0.2) is 0 Å². The van der Waals surface area contributed by atoms with Crippen LogP contribution in [0.5, 0.6) is 5.75 Å². The first kappa shape index (κ1) is 15.6. The molecule has 1 aromatic carbocycles. The van der Waals surface area contributed by atoms with Crippen molar-refractivity contribution in [1.29, 1.82) is 0 Å². The zero-order chi connectivity index (χ0) is 14.2. The summed E-state index contributed by atoms with van der Waals surface area (Å²) < 4.78 is 15.8. The normalized spacial score (nSPS) is 14.5. The second kappa shape index (κ2) is 8.47. The van der Waals surface area contributed by atoms with E-state index >= 15 is 0 Å².